The molecule has 0 saturated heterocycles. The van der Waals surface area contributed by atoms with Crippen LogP contribution in [0.4, 0.5) is 0 Å². The number of H-pyrrole nitrogens is 1. The van der Waals surface area contributed by atoms with Crippen molar-refractivity contribution in [3.05, 3.63) is 76.4 Å². The van der Waals surface area contributed by atoms with Crippen LogP contribution < -0.4 is 10.5 Å². The van der Waals surface area contributed by atoms with Gasteiger partial charge < -0.3 is 4.42 Å². The van der Waals surface area contributed by atoms with E-state index < -0.39 is 0 Å². The first kappa shape index (κ1) is 11.4. The molecule has 1 N–H and O–H groups in total. The number of rotatable bonds is 2. The number of hydrogen-bond donors (Lipinski definition) is 0. The van der Waals surface area contributed by atoms with Gasteiger partial charge in [0.15, 0.2) is 5.58 Å². The third-order valence-corrected chi connectivity index (χ3v) is 2.82. The van der Waals surface area contributed by atoms with Crippen molar-refractivity contribution < 1.29 is 9.40 Å². The molecule has 3 heteroatoms. The average molecular weight is 250 g/mol. The van der Waals surface area contributed by atoms with E-state index in [9.17, 15) is 4.79 Å². The molecule has 0 atom stereocenters. The van der Waals surface area contributed by atoms with E-state index in [1.807, 2.05) is 48.5 Å². The molecule has 0 aliphatic heterocycles. The van der Waals surface area contributed by atoms with E-state index in [0.29, 0.717) is 16.9 Å². The number of benzene rings is 2. The molecule has 0 unspecified atom stereocenters. The Morgan fingerprint density at radius 2 is 1.63 bits per heavy atom. The zero-order valence-electron chi connectivity index (χ0n) is 10.2. The van der Waals surface area contributed by atoms with Gasteiger partial charge in [-0.3, -0.25) is 0 Å². The highest BCUT2D eigenvalue weighted by molar-refractivity contribution is 5.75. The van der Waals surface area contributed by atoms with Crippen LogP contribution >= 0.6 is 0 Å². The van der Waals surface area contributed by atoms with Crippen LogP contribution in [0.5, 0.6) is 0 Å². The Labute approximate surface area is 109 Å². The van der Waals surface area contributed by atoms with Gasteiger partial charge in [-0.15, -0.1) is 4.98 Å². The van der Waals surface area contributed by atoms with Crippen molar-refractivity contribution in [1.82, 2.24) is 0 Å². The van der Waals surface area contributed by atoms with Crippen LogP contribution in [0.3, 0.4) is 0 Å². The van der Waals surface area contributed by atoms with E-state index in [2.05, 4.69) is 4.98 Å². The van der Waals surface area contributed by atoms with Crippen molar-refractivity contribution in [2.45, 2.75) is 0 Å². The Bertz CT molecular complexity index is 788. The Morgan fingerprint density at radius 1 is 0.895 bits per heavy atom. The largest absolute Gasteiger partial charge is 0.424 e. The molecule has 1 aromatic heterocycles. The van der Waals surface area contributed by atoms with Crippen molar-refractivity contribution in [1.29, 1.82) is 0 Å². The predicted octanol–water partition coefficient (Wildman–Crippen LogP) is 2.78. The van der Waals surface area contributed by atoms with Crippen LogP contribution in [-0.4, -0.2) is 0 Å². The van der Waals surface area contributed by atoms with Gasteiger partial charge in [0.25, 0.3) is 0 Å². The van der Waals surface area contributed by atoms with Crippen LogP contribution in [0.1, 0.15) is 11.5 Å². The maximum absolute atomic E-state index is 11.9. The first-order valence-corrected chi connectivity index (χ1v) is 6.01. The lowest BCUT2D eigenvalue weighted by atomic mass is 10.2. The van der Waals surface area contributed by atoms with E-state index in [0.717, 1.165) is 5.56 Å². The van der Waals surface area contributed by atoms with Gasteiger partial charge in [-0.1, -0.05) is 42.5 Å². The molecule has 92 valence electrons. The lowest BCUT2D eigenvalue weighted by Crippen LogP contribution is -2.29. The Hall–Kier alpha value is -2.68. The highest BCUT2D eigenvalue weighted by Gasteiger charge is 2.09. The first-order valence-electron chi connectivity index (χ1n) is 6.01. The summed E-state index contributed by atoms with van der Waals surface area (Å²) in [6, 6.07) is 17.0. The number of aromatic nitrogens is 1. The quantitative estimate of drug-likeness (QED) is 0.702. The summed E-state index contributed by atoms with van der Waals surface area (Å²) in [5, 5.41) is 0.555. The second-order valence-electron chi connectivity index (χ2n) is 4.16. The number of nitrogens with one attached hydrogen (secondary N) is 1. The predicted molar refractivity (Wildman–Crippen MR) is 74.4 cm³/mol. The summed E-state index contributed by atoms with van der Waals surface area (Å²) in [5.41, 5.74) is 1.49. The third-order valence-electron chi connectivity index (χ3n) is 2.82. The van der Waals surface area contributed by atoms with Gasteiger partial charge >= 0.3 is 11.4 Å². The fourth-order valence-electron chi connectivity index (χ4n) is 1.88. The summed E-state index contributed by atoms with van der Waals surface area (Å²) in [4.78, 5) is 14.6. The topological polar surface area (TPSA) is 44.4 Å². The minimum Gasteiger partial charge on any atom is -0.404 e. The molecule has 1 heterocycles. The highest BCUT2D eigenvalue weighted by atomic mass is 16.3. The molecule has 0 aliphatic rings. The van der Waals surface area contributed by atoms with E-state index in [1.165, 1.54) is 0 Å². The fraction of sp³-hybridized carbons (Fsp3) is 0. The molecule has 3 nitrogen and oxygen atoms in total. The van der Waals surface area contributed by atoms with Crippen LogP contribution in [0.15, 0.2) is 63.8 Å². The third kappa shape index (κ3) is 2.45. The van der Waals surface area contributed by atoms with Crippen molar-refractivity contribution >= 4 is 23.1 Å². The minimum atomic E-state index is -0.144. The van der Waals surface area contributed by atoms with Crippen LogP contribution in [0, 0.1) is 0 Å². The van der Waals surface area contributed by atoms with Crippen LogP contribution in [0.25, 0.3) is 23.1 Å². The molecule has 0 bridgehead atoms. The van der Waals surface area contributed by atoms with Gasteiger partial charge in [0.1, 0.15) is 5.39 Å². The van der Waals surface area contributed by atoms with E-state index in [-0.39, 0.29) is 5.56 Å². The van der Waals surface area contributed by atoms with Crippen molar-refractivity contribution in [2.24, 2.45) is 0 Å². The Morgan fingerprint density at radius 3 is 2.47 bits per heavy atom. The summed E-state index contributed by atoms with van der Waals surface area (Å²) in [6.07, 6.45) is 3.65. The molecule has 3 aromatic rings. The molecule has 0 saturated carbocycles. The summed E-state index contributed by atoms with van der Waals surface area (Å²) >= 11 is 0. The standard InChI is InChI=1S/C16H11NO2/c18-16-13-8-4-5-9-14(13)19-15(17-16)11-10-12-6-2-1-3-7-12/h1-11H/p+1. The summed E-state index contributed by atoms with van der Waals surface area (Å²) in [7, 11) is 0. The molecule has 0 radical (unpaired) electrons. The summed E-state index contributed by atoms with van der Waals surface area (Å²) < 4.78 is 5.62. The minimum absolute atomic E-state index is 0.144. The molecule has 2 aromatic carbocycles. The number of aromatic amines is 1. The number of para-hydroxylation sites is 1. The second kappa shape index (κ2) is 4.90. The fourth-order valence-corrected chi connectivity index (χ4v) is 1.88. The van der Waals surface area contributed by atoms with Gasteiger partial charge in [0, 0.05) is 0 Å². The van der Waals surface area contributed by atoms with Crippen molar-refractivity contribution in [2.75, 3.05) is 0 Å². The molecule has 3 rings (SSSR count). The van der Waals surface area contributed by atoms with Crippen LogP contribution in [-0.2, 0) is 0 Å². The zero-order chi connectivity index (χ0) is 13.1. The van der Waals surface area contributed by atoms with Gasteiger partial charge in [0.05, 0.1) is 6.08 Å². The van der Waals surface area contributed by atoms with E-state index in [1.54, 1.807) is 18.2 Å². The Kier molecular flexibility index (Phi) is 2.94. The normalized spacial score (nSPS) is 11.2. The maximum atomic E-state index is 11.9. The summed E-state index contributed by atoms with van der Waals surface area (Å²) in [5.74, 6) is 0.438. The van der Waals surface area contributed by atoms with E-state index in [4.69, 9.17) is 4.42 Å². The molecular formula is C16H12NO2+. The van der Waals surface area contributed by atoms with Crippen molar-refractivity contribution in [3.8, 4) is 0 Å². The van der Waals surface area contributed by atoms with Gasteiger partial charge in [-0.2, -0.15) is 0 Å². The maximum Gasteiger partial charge on any atom is 0.424 e. The first-order chi connectivity index (χ1) is 9.33. The lowest BCUT2D eigenvalue weighted by Gasteiger charge is -1.93. The smallest absolute Gasteiger partial charge is 0.404 e. The Balaban J connectivity index is 2.02. The zero-order valence-corrected chi connectivity index (χ0v) is 10.2. The molecular weight excluding hydrogens is 238 g/mol. The molecule has 0 amide bonds. The molecule has 0 aliphatic carbocycles. The number of hydrogen-bond acceptors (Lipinski definition) is 2. The summed E-state index contributed by atoms with van der Waals surface area (Å²) in [6.45, 7) is 0. The highest BCUT2D eigenvalue weighted by Crippen LogP contribution is 2.10. The second-order valence-corrected chi connectivity index (χ2v) is 4.16. The van der Waals surface area contributed by atoms with Crippen molar-refractivity contribution in [3.63, 3.8) is 0 Å². The van der Waals surface area contributed by atoms with E-state index >= 15 is 0 Å². The average Bonchev–Trinajstić information content (AvgIpc) is 2.46. The monoisotopic (exact) mass is 250 g/mol. The van der Waals surface area contributed by atoms with Gasteiger partial charge in [-0.25, -0.2) is 4.79 Å². The molecule has 19 heavy (non-hydrogen) atoms. The van der Waals surface area contributed by atoms with Gasteiger partial charge in [0.2, 0.25) is 0 Å². The van der Waals surface area contributed by atoms with Gasteiger partial charge in [-0.05, 0) is 23.8 Å². The number of fused-ring (bicyclic) bond motifs is 1. The molecule has 0 spiro atoms. The SMILES string of the molecule is O=c1[nH+]c(C=Cc2ccccc2)oc2ccccc12. The molecule has 0 fully saturated rings. The van der Waals surface area contributed by atoms with Crippen LogP contribution in [0.2, 0.25) is 0 Å². The lowest BCUT2D eigenvalue weighted by molar-refractivity contribution is -0.414.